The molecule has 1 aliphatic rings. The summed E-state index contributed by atoms with van der Waals surface area (Å²) in [5.74, 6) is 0.605. The average Bonchev–Trinajstić information content (AvgIpc) is 2.70. The van der Waals surface area contributed by atoms with E-state index >= 15 is 0 Å². The third kappa shape index (κ3) is 6.01. The molecule has 6 nitrogen and oxygen atoms in total. The molecule has 1 heterocycles. The quantitative estimate of drug-likeness (QED) is 0.824. The van der Waals surface area contributed by atoms with E-state index in [0.717, 1.165) is 32.5 Å². The lowest BCUT2D eigenvalue weighted by molar-refractivity contribution is 0.190. The van der Waals surface area contributed by atoms with Gasteiger partial charge in [0.05, 0.1) is 0 Å². The highest BCUT2D eigenvalue weighted by Crippen LogP contribution is 2.17. The molecule has 1 aliphatic heterocycles. The zero-order valence-corrected chi connectivity index (χ0v) is 15.2. The van der Waals surface area contributed by atoms with Crippen molar-refractivity contribution < 1.29 is 9.53 Å². The van der Waals surface area contributed by atoms with Crippen LogP contribution in [0, 0.1) is 11.3 Å². The highest BCUT2D eigenvalue weighted by Gasteiger charge is 2.20. The number of nitriles is 1. The molecule has 0 bridgehead atoms. The zero-order chi connectivity index (χ0) is 18.9. The molecule has 0 atom stereocenters. The van der Waals surface area contributed by atoms with Crippen molar-refractivity contribution in [1.29, 1.82) is 5.26 Å². The van der Waals surface area contributed by atoms with Crippen LogP contribution in [-0.2, 0) is 6.54 Å². The highest BCUT2D eigenvalue weighted by molar-refractivity contribution is 5.89. The van der Waals surface area contributed by atoms with Crippen molar-refractivity contribution in [3.05, 3.63) is 60.2 Å². The van der Waals surface area contributed by atoms with Gasteiger partial charge < -0.3 is 15.4 Å². The summed E-state index contributed by atoms with van der Waals surface area (Å²) in [4.78, 5) is 14.6. The molecule has 6 heteroatoms. The number of ether oxygens (including phenoxy) is 1. The minimum absolute atomic E-state index is 0.0102. The van der Waals surface area contributed by atoms with E-state index in [1.807, 2.05) is 12.1 Å². The van der Waals surface area contributed by atoms with Crippen LogP contribution in [-0.4, -0.2) is 36.7 Å². The van der Waals surface area contributed by atoms with E-state index in [1.165, 1.54) is 5.56 Å². The summed E-state index contributed by atoms with van der Waals surface area (Å²) in [5, 5.41) is 14.4. The van der Waals surface area contributed by atoms with Crippen LogP contribution in [0.3, 0.4) is 0 Å². The standard InChI is InChI=1S/C21H24N4O2/c22-12-15-27-20-8-6-18(7-9-20)23-21(26)24-19-10-13-25(14-11-19)16-17-4-2-1-3-5-17/h1-9,19H,10-11,13-16H2,(H2,23,24,26). The maximum atomic E-state index is 12.2. The van der Waals surface area contributed by atoms with Crippen LogP contribution in [0.4, 0.5) is 10.5 Å². The Morgan fingerprint density at radius 1 is 1.11 bits per heavy atom. The van der Waals surface area contributed by atoms with E-state index in [1.54, 1.807) is 24.3 Å². The number of piperidine rings is 1. The topological polar surface area (TPSA) is 77.4 Å². The van der Waals surface area contributed by atoms with Crippen LogP contribution in [0.1, 0.15) is 18.4 Å². The summed E-state index contributed by atoms with van der Waals surface area (Å²) in [6, 6.07) is 19.4. The number of carbonyl (C=O) groups excluding carboxylic acids is 1. The number of urea groups is 1. The second-order valence-corrected chi connectivity index (χ2v) is 6.61. The molecular formula is C21H24N4O2. The maximum absolute atomic E-state index is 12.2. The van der Waals surface area contributed by atoms with Crippen LogP contribution in [0.15, 0.2) is 54.6 Å². The molecule has 1 fully saturated rings. The van der Waals surface area contributed by atoms with Gasteiger partial charge in [0, 0.05) is 31.4 Å². The van der Waals surface area contributed by atoms with Crippen molar-refractivity contribution in [2.75, 3.05) is 25.0 Å². The van der Waals surface area contributed by atoms with Crippen LogP contribution < -0.4 is 15.4 Å². The van der Waals surface area contributed by atoms with E-state index in [-0.39, 0.29) is 18.7 Å². The van der Waals surface area contributed by atoms with Crippen molar-refractivity contribution in [3.63, 3.8) is 0 Å². The SMILES string of the molecule is N#CCOc1ccc(NC(=O)NC2CCN(Cc3ccccc3)CC2)cc1. The molecule has 0 radical (unpaired) electrons. The predicted octanol–water partition coefficient (Wildman–Crippen LogP) is 3.38. The first-order chi connectivity index (χ1) is 13.2. The molecular weight excluding hydrogens is 340 g/mol. The summed E-state index contributed by atoms with van der Waals surface area (Å²) in [6.07, 6.45) is 1.89. The monoisotopic (exact) mass is 364 g/mol. The van der Waals surface area contributed by atoms with Crippen LogP contribution in [0.5, 0.6) is 5.75 Å². The lowest BCUT2D eigenvalue weighted by Gasteiger charge is -2.32. The van der Waals surface area contributed by atoms with Crippen LogP contribution in [0.2, 0.25) is 0 Å². The summed E-state index contributed by atoms with van der Waals surface area (Å²) < 4.78 is 5.20. The highest BCUT2D eigenvalue weighted by atomic mass is 16.5. The van der Waals surface area contributed by atoms with Gasteiger partial charge in [-0.15, -0.1) is 0 Å². The number of benzene rings is 2. The summed E-state index contributed by atoms with van der Waals surface area (Å²) in [6.45, 7) is 2.92. The Morgan fingerprint density at radius 3 is 2.48 bits per heavy atom. The summed E-state index contributed by atoms with van der Waals surface area (Å²) in [7, 11) is 0. The maximum Gasteiger partial charge on any atom is 0.319 e. The van der Waals surface area contributed by atoms with E-state index in [0.29, 0.717) is 11.4 Å². The third-order valence-electron chi connectivity index (χ3n) is 4.59. The lowest BCUT2D eigenvalue weighted by atomic mass is 10.0. The fraction of sp³-hybridized carbons (Fsp3) is 0.333. The minimum Gasteiger partial charge on any atom is -0.479 e. The molecule has 2 amide bonds. The van der Waals surface area contributed by atoms with E-state index < -0.39 is 0 Å². The van der Waals surface area contributed by atoms with Gasteiger partial charge in [-0.3, -0.25) is 4.90 Å². The first-order valence-corrected chi connectivity index (χ1v) is 9.16. The van der Waals surface area contributed by atoms with Crippen molar-refractivity contribution in [2.45, 2.75) is 25.4 Å². The normalized spacial score (nSPS) is 14.9. The summed E-state index contributed by atoms with van der Waals surface area (Å²) in [5.41, 5.74) is 2.02. The number of hydrogen-bond acceptors (Lipinski definition) is 4. The molecule has 1 saturated heterocycles. The summed E-state index contributed by atoms with van der Waals surface area (Å²) >= 11 is 0. The lowest BCUT2D eigenvalue weighted by Crippen LogP contribution is -2.45. The molecule has 27 heavy (non-hydrogen) atoms. The Morgan fingerprint density at radius 2 is 1.81 bits per heavy atom. The van der Waals surface area contributed by atoms with Gasteiger partial charge in [-0.2, -0.15) is 5.26 Å². The molecule has 140 valence electrons. The van der Waals surface area contributed by atoms with Gasteiger partial charge in [0.25, 0.3) is 0 Å². The Balaban J connectivity index is 1.39. The van der Waals surface area contributed by atoms with E-state index in [4.69, 9.17) is 10.00 Å². The Labute approximate surface area is 159 Å². The van der Waals surface area contributed by atoms with Gasteiger partial charge in [-0.25, -0.2) is 4.79 Å². The number of carbonyl (C=O) groups is 1. The van der Waals surface area contributed by atoms with Gasteiger partial charge in [0.15, 0.2) is 6.61 Å². The molecule has 2 N–H and O–H groups in total. The Hall–Kier alpha value is -3.04. The molecule has 2 aromatic carbocycles. The smallest absolute Gasteiger partial charge is 0.319 e. The van der Waals surface area contributed by atoms with Gasteiger partial charge in [-0.05, 0) is 42.7 Å². The number of likely N-dealkylation sites (tertiary alicyclic amines) is 1. The van der Waals surface area contributed by atoms with Crippen molar-refractivity contribution in [1.82, 2.24) is 10.2 Å². The first-order valence-electron chi connectivity index (χ1n) is 9.16. The molecule has 2 aromatic rings. The number of nitrogens with one attached hydrogen (secondary N) is 2. The van der Waals surface area contributed by atoms with E-state index in [9.17, 15) is 4.79 Å². The molecule has 0 aromatic heterocycles. The Bertz CT molecular complexity index is 763. The largest absolute Gasteiger partial charge is 0.479 e. The second kappa shape index (κ2) is 9.60. The zero-order valence-electron chi connectivity index (χ0n) is 15.2. The number of nitrogens with zero attached hydrogens (tertiary/aromatic N) is 2. The van der Waals surface area contributed by atoms with Gasteiger partial charge >= 0.3 is 6.03 Å². The second-order valence-electron chi connectivity index (χ2n) is 6.61. The number of anilines is 1. The molecule has 0 unspecified atom stereocenters. The minimum atomic E-state index is -0.192. The number of hydrogen-bond donors (Lipinski definition) is 2. The molecule has 3 rings (SSSR count). The van der Waals surface area contributed by atoms with Crippen molar-refractivity contribution in [2.24, 2.45) is 0 Å². The van der Waals surface area contributed by atoms with Crippen LogP contribution in [0.25, 0.3) is 0 Å². The number of rotatable bonds is 6. The average molecular weight is 364 g/mol. The molecule has 0 spiro atoms. The fourth-order valence-corrected chi connectivity index (χ4v) is 3.18. The molecule has 0 aliphatic carbocycles. The van der Waals surface area contributed by atoms with Gasteiger partial charge in [-0.1, -0.05) is 30.3 Å². The van der Waals surface area contributed by atoms with Crippen molar-refractivity contribution in [3.8, 4) is 11.8 Å². The third-order valence-corrected chi connectivity index (χ3v) is 4.59. The van der Waals surface area contributed by atoms with Gasteiger partial charge in [0.1, 0.15) is 11.8 Å². The van der Waals surface area contributed by atoms with E-state index in [2.05, 4.69) is 39.8 Å². The molecule has 0 saturated carbocycles. The fourth-order valence-electron chi connectivity index (χ4n) is 3.18. The van der Waals surface area contributed by atoms with Gasteiger partial charge in [0.2, 0.25) is 0 Å². The first kappa shape index (κ1) is 18.7. The van der Waals surface area contributed by atoms with Crippen LogP contribution >= 0.6 is 0 Å². The Kier molecular flexibility index (Phi) is 6.66. The van der Waals surface area contributed by atoms with Crippen molar-refractivity contribution >= 4 is 11.7 Å². The predicted molar refractivity (Wildman–Crippen MR) is 104 cm³/mol. The number of amides is 2.